The van der Waals surface area contributed by atoms with Crippen LogP contribution >= 0.6 is 0 Å². The quantitative estimate of drug-likeness (QED) is 0.331. The maximum absolute atomic E-state index is 13.5. The second-order valence-electron chi connectivity index (χ2n) is 12.1. The largest absolute Gasteiger partial charge is 0.378 e. The van der Waals surface area contributed by atoms with E-state index in [9.17, 15) is 9.59 Å². The van der Waals surface area contributed by atoms with Gasteiger partial charge in [0, 0.05) is 17.3 Å². The Kier molecular flexibility index (Phi) is 6.38. The molecule has 3 saturated carbocycles. The molecule has 5 atom stereocenters. The Hall–Kier alpha value is -3.60. The molecular formula is C34H37N3O2. The number of fused-ring (bicyclic) bond motifs is 7. The molecule has 7 rings (SSSR count). The molecular weight excluding hydrogens is 482 g/mol. The third kappa shape index (κ3) is 4.52. The van der Waals surface area contributed by atoms with Crippen LogP contribution in [0.3, 0.4) is 0 Å². The van der Waals surface area contributed by atoms with Gasteiger partial charge in [-0.2, -0.15) is 0 Å². The maximum atomic E-state index is 13.5. The van der Waals surface area contributed by atoms with E-state index in [0.717, 1.165) is 37.3 Å². The lowest BCUT2D eigenvalue weighted by atomic mass is 9.68. The Morgan fingerprint density at radius 1 is 0.769 bits per heavy atom. The highest BCUT2D eigenvalue weighted by Crippen LogP contribution is 2.63. The predicted octanol–water partition coefficient (Wildman–Crippen LogP) is 7.30. The molecule has 2 amide bonds. The molecule has 0 saturated heterocycles. The summed E-state index contributed by atoms with van der Waals surface area (Å²) < 4.78 is 0. The summed E-state index contributed by atoms with van der Waals surface area (Å²) in [6, 6.07) is 24.8. The molecule has 4 aliphatic rings. The number of rotatable bonds is 5. The molecule has 0 radical (unpaired) electrons. The van der Waals surface area contributed by atoms with Gasteiger partial charge in [0.2, 0.25) is 0 Å². The van der Waals surface area contributed by atoms with Crippen molar-refractivity contribution in [1.29, 1.82) is 0 Å². The smallest absolute Gasteiger partial charge is 0.255 e. The highest BCUT2D eigenvalue weighted by Gasteiger charge is 2.53. The summed E-state index contributed by atoms with van der Waals surface area (Å²) in [4.78, 5) is 26.7. The summed E-state index contributed by atoms with van der Waals surface area (Å²) in [6.45, 7) is 0. The van der Waals surface area contributed by atoms with Crippen LogP contribution in [0.1, 0.15) is 95.2 Å². The zero-order valence-corrected chi connectivity index (χ0v) is 22.4. The molecule has 0 aromatic heterocycles. The van der Waals surface area contributed by atoms with Gasteiger partial charge in [-0.3, -0.25) is 9.59 Å². The fraction of sp³-hybridized carbons (Fsp3) is 0.412. The van der Waals surface area contributed by atoms with Gasteiger partial charge in [0.15, 0.2) is 0 Å². The topological polar surface area (TPSA) is 70.2 Å². The van der Waals surface area contributed by atoms with Crippen molar-refractivity contribution in [2.75, 3.05) is 10.6 Å². The Morgan fingerprint density at radius 2 is 1.54 bits per heavy atom. The van der Waals surface area contributed by atoms with Crippen molar-refractivity contribution in [1.82, 2.24) is 5.32 Å². The van der Waals surface area contributed by atoms with Crippen molar-refractivity contribution in [2.24, 2.45) is 17.8 Å². The minimum Gasteiger partial charge on any atom is -0.378 e. The van der Waals surface area contributed by atoms with E-state index in [1.807, 2.05) is 24.3 Å². The SMILES string of the molecule is O=C(Nc1ccccc1C(=O)NC1CCCCC1)c1ccc2c(c1)[C@@H]1[C@H]3CC[C@@H](C3)[C@@H]1[C@@H](c1ccccc1)N2. The molecule has 3 aromatic carbocycles. The van der Waals surface area contributed by atoms with Crippen LogP contribution in [0.25, 0.3) is 0 Å². The standard InChI is InChI=1S/C34H37N3O2/c38-33(37-28-14-8-7-13-26(28)34(39)35-25-11-5-2-6-12-25)24-17-18-29-27(20-24)30-22-15-16-23(19-22)31(30)32(36-29)21-9-3-1-4-10-21/h1,3-4,7-10,13-14,17-18,20,22-23,25,30-32,36H,2,5-6,11-12,15-16,19H2,(H,35,39)(H,37,38)/t22-,23-,30-,31-,32+/m0/s1. The third-order valence-electron chi connectivity index (χ3n) is 9.87. The van der Waals surface area contributed by atoms with Crippen molar-refractivity contribution in [2.45, 2.75) is 69.4 Å². The average Bonchev–Trinajstić information content (AvgIpc) is 3.61. The predicted molar refractivity (Wildman–Crippen MR) is 155 cm³/mol. The van der Waals surface area contributed by atoms with Crippen molar-refractivity contribution in [3.63, 3.8) is 0 Å². The fourth-order valence-corrected chi connectivity index (χ4v) is 8.11. The Bertz CT molecular complexity index is 1380. The van der Waals surface area contributed by atoms with Gasteiger partial charge in [-0.1, -0.05) is 61.7 Å². The van der Waals surface area contributed by atoms with E-state index in [1.54, 1.807) is 6.07 Å². The number of hydrogen-bond acceptors (Lipinski definition) is 3. The highest BCUT2D eigenvalue weighted by atomic mass is 16.2. The number of carbonyl (C=O) groups excluding carboxylic acids is 2. The molecule has 3 aliphatic carbocycles. The van der Waals surface area contributed by atoms with Crippen LogP contribution in [0.2, 0.25) is 0 Å². The van der Waals surface area contributed by atoms with Crippen LogP contribution in [0.15, 0.2) is 72.8 Å². The van der Waals surface area contributed by atoms with Crippen LogP contribution in [-0.4, -0.2) is 17.9 Å². The first-order chi connectivity index (χ1) is 19.2. The summed E-state index contributed by atoms with van der Waals surface area (Å²) in [7, 11) is 0. The average molecular weight is 520 g/mol. The van der Waals surface area contributed by atoms with Crippen molar-refractivity contribution in [3.8, 4) is 0 Å². The molecule has 5 nitrogen and oxygen atoms in total. The normalized spacial score (nSPS) is 27.2. The molecule has 3 N–H and O–H groups in total. The Labute approximate surface area is 230 Å². The van der Waals surface area contributed by atoms with E-state index in [1.165, 1.54) is 36.8 Å². The number of benzene rings is 3. The van der Waals surface area contributed by atoms with Crippen LogP contribution in [0.4, 0.5) is 11.4 Å². The van der Waals surface area contributed by atoms with Gasteiger partial charge in [0.05, 0.1) is 17.3 Å². The molecule has 3 fully saturated rings. The number of amides is 2. The summed E-state index contributed by atoms with van der Waals surface area (Å²) in [5, 5.41) is 10.1. The van der Waals surface area contributed by atoms with Gasteiger partial charge < -0.3 is 16.0 Å². The molecule has 2 bridgehead atoms. The number of hydrogen-bond donors (Lipinski definition) is 3. The molecule has 3 aromatic rings. The lowest BCUT2D eigenvalue weighted by Crippen LogP contribution is -2.36. The van der Waals surface area contributed by atoms with Gasteiger partial charge in [0.1, 0.15) is 0 Å². The van der Waals surface area contributed by atoms with Crippen molar-refractivity contribution < 1.29 is 9.59 Å². The molecule has 200 valence electrons. The first kappa shape index (κ1) is 24.4. The summed E-state index contributed by atoms with van der Waals surface area (Å²) in [5.41, 5.74) is 5.54. The van der Waals surface area contributed by atoms with Crippen LogP contribution < -0.4 is 16.0 Å². The van der Waals surface area contributed by atoms with Gasteiger partial charge in [0.25, 0.3) is 11.8 Å². The number of para-hydroxylation sites is 1. The zero-order chi connectivity index (χ0) is 26.3. The second-order valence-corrected chi connectivity index (χ2v) is 12.1. The minimum atomic E-state index is -0.166. The number of carbonyl (C=O) groups is 2. The van der Waals surface area contributed by atoms with Gasteiger partial charge >= 0.3 is 0 Å². The number of anilines is 2. The fourth-order valence-electron chi connectivity index (χ4n) is 8.11. The molecule has 1 heterocycles. The highest BCUT2D eigenvalue weighted by molar-refractivity contribution is 6.09. The van der Waals surface area contributed by atoms with Gasteiger partial charge in [-0.25, -0.2) is 0 Å². The summed E-state index contributed by atoms with van der Waals surface area (Å²) >= 11 is 0. The first-order valence-electron chi connectivity index (χ1n) is 14.8. The second kappa shape index (κ2) is 10.2. The Balaban J connectivity index is 1.14. The first-order valence-corrected chi connectivity index (χ1v) is 14.8. The van der Waals surface area contributed by atoms with Gasteiger partial charge in [-0.15, -0.1) is 0 Å². The zero-order valence-electron chi connectivity index (χ0n) is 22.4. The van der Waals surface area contributed by atoms with Crippen molar-refractivity contribution in [3.05, 3.63) is 95.1 Å². The van der Waals surface area contributed by atoms with E-state index in [0.29, 0.717) is 40.6 Å². The van der Waals surface area contributed by atoms with Crippen LogP contribution in [0.5, 0.6) is 0 Å². The molecule has 0 spiro atoms. The van der Waals surface area contributed by atoms with Crippen molar-refractivity contribution >= 4 is 23.2 Å². The monoisotopic (exact) mass is 519 g/mol. The summed E-state index contributed by atoms with van der Waals surface area (Å²) in [6.07, 6.45) is 9.50. The van der Waals surface area contributed by atoms with E-state index in [4.69, 9.17) is 0 Å². The Morgan fingerprint density at radius 3 is 2.38 bits per heavy atom. The van der Waals surface area contributed by atoms with Crippen LogP contribution in [0, 0.1) is 17.8 Å². The summed E-state index contributed by atoms with van der Waals surface area (Å²) in [5.74, 6) is 2.19. The van der Waals surface area contributed by atoms with Crippen LogP contribution in [-0.2, 0) is 0 Å². The molecule has 1 aliphatic heterocycles. The lowest BCUT2D eigenvalue weighted by Gasteiger charge is -2.43. The number of nitrogens with one attached hydrogen (secondary N) is 3. The molecule has 0 unspecified atom stereocenters. The molecule has 39 heavy (non-hydrogen) atoms. The molecule has 5 heteroatoms. The van der Waals surface area contributed by atoms with E-state index < -0.39 is 0 Å². The van der Waals surface area contributed by atoms with Gasteiger partial charge in [-0.05, 0) is 97.2 Å². The minimum absolute atomic E-state index is 0.107. The van der Waals surface area contributed by atoms with E-state index >= 15 is 0 Å². The van der Waals surface area contributed by atoms with E-state index in [2.05, 4.69) is 58.4 Å². The third-order valence-corrected chi connectivity index (χ3v) is 9.87. The lowest BCUT2D eigenvalue weighted by molar-refractivity contribution is 0.0928. The maximum Gasteiger partial charge on any atom is 0.255 e. The van der Waals surface area contributed by atoms with E-state index in [-0.39, 0.29) is 17.9 Å².